The first-order chi connectivity index (χ1) is 17.6. The van der Waals surface area contributed by atoms with E-state index in [0.717, 1.165) is 29.8 Å². The number of carbonyl (C=O) groups excluding carboxylic acids is 2. The topological polar surface area (TPSA) is 58.2 Å². The van der Waals surface area contributed by atoms with Crippen LogP contribution in [0, 0.1) is 6.92 Å². The molecule has 2 N–H and O–H groups in total. The smallest absolute Gasteiger partial charge is 0.224 e. The molecule has 0 aliphatic carbocycles. The van der Waals surface area contributed by atoms with Crippen LogP contribution >= 0.6 is 0 Å². The molecule has 0 atom stereocenters. The first kappa shape index (κ1) is 32.2. The number of carbonyl (C=O) groups is 2. The number of anilines is 2. The molecule has 0 spiro atoms. The molecule has 0 radical (unpaired) electrons. The third-order valence-corrected chi connectivity index (χ3v) is 7.21. The number of unbranched alkanes of at least 4 members (excludes halogenated alkanes) is 18. The Morgan fingerprint density at radius 2 is 0.917 bits per heavy atom. The SMILES string of the molecule is CCCCCCCCCCCCCCCCCCCCCC(=O)Nc1cccc(NC(=O)CC)c1C. The standard InChI is InChI=1S/C32H56N2O2/c1-4-6-7-8-9-10-11-12-13-14-15-16-17-18-19-20-21-22-23-27-32(36)34-30-26-24-25-29(28(30)3)33-31(35)5-2/h24-26H,4-23,27H2,1-3H3,(H,33,35)(H,34,36). The maximum absolute atomic E-state index is 12.3. The van der Waals surface area contributed by atoms with E-state index in [4.69, 9.17) is 0 Å². The minimum Gasteiger partial charge on any atom is -0.326 e. The lowest BCUT2D eigenvalue weighted by Gasteiger charge is -2.13. The molecule has 0 bridgehead atoms. The van der Waals surface area contributed by atoms with Crippen LogP contribution in [-0.4, -0.2) is 11.8 Å². The summed E-state index contributed by atoms with van der Waals surface area (Å²) in [6, 6.07) is 5.63. The van der Waals surface area contributed by atoms with E-state index in [0.29, 0.717) is 12.8 Å². The molecule has 1 aromatic rings. The van der Waals surface area contributed by atoms with Crippen LogP contribution in [0.25, 0.3) is 0 Å². The van der Waals surface area contributed by atoms with Gasteiger partial charge in [0.1, 0.15) is 0 Å². The van der Waals surface area contributed by atoms with E-state index < -0.39 is 0 Å². The molecule has 0 saturated heterocycles. The van der Waals surface area contributed by atoms with E-state index in [1.54, 1.807) is 0 Å². The summed E-state index contributed by atoms with van der Waals surface area (Å²) in [5.74, 6) is 0.0414. The van der Waals surface area contributed by atoms with Crippen molar-refractivity contribution in [3.8, 4) is 0 Å². The number of hydrogen-bond donors (Lipinski definition) is 2. The van der Waals surface area contributed by atoms with Crippen LogP contribution in [0.3, 0.4) is 0 Å². The molecule has 0 fully saturated rings. The van der Waals surface area contributed by atoms with Crippen molar-refractivity contribution < 1.29 is 9.59 Å². The summed E-state index contributed by atoms with van der Waals surface area (Å²) >= 11 is 0. The minimum absolute atomic E-state index is 0.0179. The highest BCUT2D eigenvalue weighted by molar-refractivity contribution is 5.95. The van der Waals surface area contributed by atoms with Crippen molar-refractivity contribution in [3.63, 3.8) is 0 Å². The maximum Gasteiger partial charge on any atom is 0.224 e. The van der Waals surface area contributed by atoms with E-state index in [1.807, 2.05) is 32.0 Å². The summed E-state index contributed by atoms with van der Waals surface area (Å²) in [7, 11) is 0. The van der Waals surface area contributed by atoms with Crippen molar-refractivity contribution in [2.75, 3.05) is 10.6 Å². The van der Waals surface area contributed by atoms with Crippen LogP contribution in [0.4, 0.5) is 11.4 Å². The molecule has 0 heterocycles. The van der Waals surface area contributed by atoms with Gasteiger partial charge in [0, 0.05) is 24.2 Å². The normalized spacial score (nSPS) is 11.0. The van der Waals surface area contributed by atoms with Gasteiger partial charge >= 0.3 is 0 Å². The molecular weight excluding hydrogens is 444 g/mol. The summed E-state index contributed by atoms with van der Waals surface area (Å²) in [6.07, 6.45) is 26.8. The molecule has 0 aromatic heterocycles. The Morgan fingerprint density at radius 1 is 0.556 bits per heavy atom. The largest absolute Gasteiger partial charge is 0.326 e. The van der Waals surface area contributed by atoms with Gasteiger partial charge in [-0.2, -0.15) is 0 Å². The van der Waals surface area contributed by atoms with Gasteiger partial charge in [0.05, 0.1) is 0 Å². The van der Waals surface area contributed by atoms with Crippen molar-refractivity contribution in [2.24, 2.45) is 0 Å². The number of nitrogens with one attached hydrogen (secondary N) is 2. The van der Waals surface area contributed by atoms with Crippen LogP contribution in [0.5, 0.6) is 0 Å². The average molecular weight is 501 g/mol. The Kier molecular flexibility index (Phi) is 20.0. The maximum atomic E-state index is 12.3. The highest BCUT2D eigenvalue weighted by Crippen LogP contribution is 2.24. The molecule has 1 aromatic carbocycles. The van der Waals surface area contributed by atoms with Gasteiger partial charge in [0.15, 0.2) is 0 Å². The van der Waals surface area contributed by atoms with Crippen LogP contribution in [-0.2, 0) is 9.59 Å². The highest BCUT2D eigenvalue weighted by Gasteiger charge is 2.09. The van der Waals surface area contributed by atoms with Gasteiger partial charge in [0.25, 0.3) is 0 Å². The van der Waals surface area contributed by atoms with Gasteiger partial charge in [0.2, 0.25) is 11.8 Å². The van der Waals surface area contributed by atoms with E-state index in [-0.39, 0.29) is 11.8 Å². The van der Waals surface area contributed by atoms with Gasteiger partial charge in [-0.1, -0.05) is 135 Å². The molecule has 1 rings (SSSR count). The van der Waals surface area contributed by atoms with Gasteiger partial charge in [-0.25, -0.2) is 0 Å². The van der Waals surface area contributed by atoms with E-state index >= 15 is 0 Å². The fraction of sp³-hybridized carbons (Fsp3) is 0.750. The van der Waals surface area contributed by atoms with Crippen molar-refractivity contribution in [2.45, 2.75) is 156 Å². The first-order valence-electron chi connectivity index (χ1n) is 15.3. The lowest BCUT2D eigenvalue weighted by atomic mass is 10.0. The van der Waals surface area contributed by atoms with Crippen molar-refractivity contribution in [1.29, 1.82) is 0 Å². The lowest BCUT2D eigenvalue weighted by molar-refractivity contribution is -0.116. The number of hydrogen-bond acceptors (Lipinski definition) is 2. The van der Waals surface area contributed by atoms with E-state index in [9.17, 15) is 9.59 Å². The Hall–Kier alpha value is -1.84. The lowest BCUT2D eigenvalue weighted by Crippen LogP contribution is -2.14. The minimum atomic E-state index is -0.0179. The van der Waals surface area contributed by atoms with E-state index in [1.165, 1.54) is 109 Å². The number of rotatable bonds is 23. The molecule has 2 amide bonds. The second-order valence-electron chi connectivity index (χ2n) is 10.5. The molecule has 36 heavy (non-hydrogen) atoms. The van der Waals surface area contributed by atoms with Gasteiger partial charge in [-0.3, -0.25) is 9.59 Å². The fourth-order valence-corrected chi connectivity index (χ4v) is 4.72. The van der Waals surface area contributed by atoms with Gasteiger partial charge in [-0.15, -0.1) is 0 Å². The Balaban J connectivity index is 1.92. The molecule has 0 aliphatic rings. The quantitative estimate of drug-likeness (QED) is 0.147. The highest BCUT2D eigenvalue weighted by atomic mass is 16.2. The number of amides is 2. The van der Waals surface area contributed by atoms with Crippen LogP contribution < -0.4 is 10.6 Å². The zero-order valence-electron chi connectivity index (χ0n) is 23.9. The molecule has 4 nitrogen and oxygen atoms in total. The Morgan fingerprint density at radius 3 is 1.31 bits per heavy atom. The molecule has 206 valence electrons. The predicted octanol–water partition coefficient (Wildman–Crippen LogP) is 10.1. The number of benzene rings is 1. The van der Waals surface area contributed by atoms with Gasteiger partial charge in [-0.05, 0) is 31.0 Å². The molecular formula is C32H56N2O2. The average Bonchev–Trinajstić information content (AvgIpc) is 2.87. The van der Waals surface area contributed by atoms with Crippen LogP contribution in [0.15, 0.2) is 18.2 Å². The van der Waals surface area contributed by atoms with Crippen LogP contribution in [0.1, 0.15) is 154 Å². The summed E-state index contributed by atoms with van der Waals surface area (Å²) in [5, 5.41) is 5.90. The van der Waals surface area contributed by atoms with E-state index in [2.05, 4.69) is 17.6 Å². The first-order valence-corrected chi connectivity index (χ1v) is 15.3. The zero-order chi connectivity index (χ0) is 26.3. The third kappa shape index (κ3) is 16.8. The van der Waals surface area contributed by atoms with Gasteiger partial charge < -0.3 is 10.6 Å². The van der Waals surface area contributed by atoms with Crippen molar-refractivity contribution >= 4 is 23.2 Å². The summed E-state index contributed by atoms with van der Waals surface area (Å²) in [6.45, 7) is 6.04. The molecule has 0 aliphatic heterocycles. The second-order valence-corrected chi connectivity index (χ2v) is 10.5. The summed E-state index contributed by atoms with van der Waals surface area (Å²) in [5.41, 5.74) is 2.45. The zero-order valence-corrected chi connectivity index (χ0v) is 23.9. The Bertz CT molecular complexity index is 701. The molecule has 0 saturated carbocycles. The Labute approximate surface area is 222 Å². The second kappa shape index (κ2) is 22.4. The third-order valence-electron chi connectivity index (χ3n) is 7.21. The summed E-state index contributed by atoms with van der Waals surface area (Å²) in [4.78, 5) is 24.0. The summed E-state index contributed by atoms with van der Waals surface area (Å²) < 4.78 is 0. The fourth-order valence-electron chi connectivity index (χ4n) is 4.72. The van der Waals surface area contributed by atoms with Crippen LogP contribution in [0.2, 0.25) is 0 Å². The molecule has 4 heteroatoms. The van der Waals surface area contributed by atoms with Crippen molar-refractivity contribution in [3.05, 3.63) is 23.8 Å². The monoisotopic (exact) mass is 500 g/mol. The van der Waals surface area contributed by atoms with Crippen molar-refractivity contribution in [1.82, 2.24) is 0 Å². The molecule has 0 unspecified atom stereocenters. The predicted molar refractivity (Wildman–Crippen MR) is 157 cm³/mol.